The van der Waals surface area contributed by atoms with Gasteiger partial charge in [-0.1, -0.05) is 23.7 Å². The van der Waals surface area contributed by atoms with Crippen LogP contribution >= 0.6 is 11.6 Å². The predicted octanol–water partition coefficient (Wildman–Crippen LogP) is 5.66. The average molecular weight is 570 g/mol. The number of carbonyl (C=O) groups excluding carboxylic acids is 1. The molecule has 0 unspecified atom stereocenters. The molecule has 4 aromatic rings. The van der Waals surface area contributed by atoms with Crippen LogP contribution in [-0.4, -0.2) is 45.9 Å². The lowest BCUT2D eigenvalue weighted by Gasteiger charge is -2.28. The van der Waals surface area contributed by atoms with E-state index in [1.165, 1.54) is 43.5 Å². The largest absolute Gasteiger partial charge is 0.586 e. The summed E-state index contributed by atoms with van der Waals surface area (Å²) in [6, 6.07) is 10.5. The van der Waals surface area contributed by atoms with Gasteiger partial charge in [-0.15, -0.1) is 8.78 Å². The Bertz CT molecular complexity index is 1640. The first-order chi connectivity index (χ1) is 19.1. The highest BCUT2D eigenvalue weighted by Crippen LogP contribution is 2.49. The first-order valence-electron chi connectivity index (χ1n) is 12.2. The molecular formula is C27H22ClF2N5O5. The van der Waals surface area contributed by atoms with Crippen LogP contribution in [0.2, 0.25) is 5.02 Å². The molecule has 6 rings (SSSR count). The third-order valence-corrected chi connectivity index (χ3v) is 6.85. The van der Waals surface area contributed by atoms with Crippen molar-refractivity contribution in [3.8, 4) is 34.8 Å². The summed E-state index contributed by atoms with van der Waals surface area (Å²) in [7, 11) is 2.91. The molecule has 2 aliphatic rings. The third-order valence-electron chi connectivity index (χ3n) is 6.60. The van der Waals surface area contributed by atoms with Gasteiger partial charge in [-0.2, -0.15) is 4.98 Å². The minimum atomic E-state index is -3.79. The van der Waals surface area contributed by atoms with Crippen molar-refractivity contribution in [2.75, 3.05) is 19.1 Å². The molecule has 0 N–H and O–H groups in total. The fourth-order valence-electron chi connectivity index (χ4n) is 4.99. The van der Waals surface area contributed by atoms with Gasteiger partial charge in [0.2, 0.25) is 5.88 Å². The second-order valence-corrected chi connectivity index (χ2v) is 9.78. The van der Waals surface area contributed by atoms with Crippen molar-refractivity contribution in [3.63, 3.8) is 0 Å². The van der Waals surface area contributed by atoms with Crippen LogP contribution < -0.4 is 23.8 Å². The van der Waals surface area contributed by atoms with E-state index in [-0.39, 0.29) is 35.1 Å². The number of halogens is 3. The van der Waals surface area contributed by atoms with E-state index in [4.69, 9.17) is 26.1 Å². The summed E-state index contributed by atoms with van der Waals surface area (Å²) < 4.78 is 49.2. The molecule has 0 saturated carbocycles. The number of methoxy groups -OCH3 is 2. The second-order valence-electron chi connectivity index (χ2n) is 9.34. The van der Waals surface area contributed by atoms with Crippen molar-refractivity contribution in [1.29, 1.82) is 0 Å². The Morgan fingerprint density at radius 2 is 1.75 bits per heavy atom. The number of benzene rings is 2. The molecule has 2 aliphatic heterocycles. The minimum Gasteiger partial charge on any atom is -0.480 e. The van der Waals surface area contributed by atoms with Gasteiger partial charge < -0.3 is 23.5 Å². The maximum absolute atomic E-state index is 14.1. The van der Waals surface area contributed by atoms with E-state index in [1.807, 2.05) is 18.4 Å². The number of nitrogens with zero attached hydrogens (tertiary/aromatic N) is 5. The normalized spacial score (nSPS) is 16.9. The van der Waals surface area contributed by atoms with Gasteiger partial charge >= 0.3 is 12.3 Å². The number of amides is 1. The van der Waals surface area contributed by atoms with Crippen LogP contribution in [0.4, 0.5) is 14.5 Å². The molecule has 1 amide bonds. The van der Waals surface area contributed by atoms with E-state index in [9.17, 15) is 13.6 Å². The van der Waals surface area contributed by atoms with Gasteiger partial charge in [0.05, 0.1) is 25.5 Å². The Morgan fingerprint density at radius 3 is 2.42 bits per heavy atom. The Morgan fingerprint density at radius 1 is 1.02 bits per heavy atom. The molecule has 2 aromatic heterocycles. The van der Waals surface area contributed by atoms with Gasteiger partial charge in [-0.3, -0.25) is 9.69 Å². The van der Waals surface area contributed by atoms with Gasteiger partial charge in [-0.05, 0) is 43.7 Å². The number of rotatable bonds is 6. The Balaban J connectivity index is 1.56. The summed E-state index contributed by atoms with van der Waals surface area (Å²) in [6.07, 6.45) is -2.27. The Labute approximate surface area is 232 Å². The molecule has 0 saturated heterocycles. The lowest BCUT2D eigenvalue weighted by molar-refractivity contribution is -0.286. The summed E-state index contributed by atoms with van der Waals surface area (Å²) in [4.78, 5) is 28.8. The molecule has 0 spiro atoms. The van der Waals surface area contributed by atoms with Gasteiger partial charge in [0.15, 0.2) is 17.2 Å². The van der Waals surface area contributed by atoms with Crippen LogP contribution in [0.5, 0.6) is 23.4 Å². The van der Waals surface area contributed by atoms with Crippen molar-refractivity contribution in [3.05, 3.63) is 70.6 Å². The lowest BCUT2D eigenvalue weighted by Crippen LogP contribution is -2.30. The standard InChI is InChI=1S/C27H22ClF2N5O5/c1-13(2)34-22-20(32-23(34)17-12-31-26(38-4)33-24(17)37-3)25(36)35(21(22)14-5-7-15(28)8-6-14)16-9-10-18-19(11-16)40-27(29,30)39-18/h5-13,21H,1-4H3/t21-/m1/s1. The number of hydrogen-bond acceptors (Lipinski definition) is 8. The Hall–Kier alpha value is -4.45. The summed E-state index contributed by atoms with van der Waals surface area (Å²) in [5.41, 5.74) is 2.30. The number of alkyl halides is 2. The molecule has 10 nitrogen and oxygen atoms in total. The maximum atomic E-state index is 14.1. The summed E-state index contributed by atoms with van der Waals surface area (Å²) in [5.74, 6) is -0.0882. The SMILES string of the molecule is COc1ncc(-c2nc3c(n2C(C)C)[C@@H](c2ccc(Cl)cc2)N(c2ccc4c(c2)OC(F)(F)O4)C3=O)c(OC)n1. The predicted molar refractivity (Wildman–Crippen MR) is 139 cm³/mol. The minimum absolute atomic E-state index is 0.116. The first kappa shape index (κ1) is 25.8. The quantitative estimate of drug-likeness (QED) is 0.293. The molecule has 0 fully saturated rings. The maximum Gasteiger partial charge on any atom is 0.586 e. The van der Waals surface area contributed by atoms with Gasteiger partial charge in [0.1, 0.15) is 11.9 Å². The molecule has 0 radical (unpaired) electrons. The van der Waals surface area contributed by atoms with E-state index in [0.717, 1.165) is 5.56 Å². The van der Waals surface area contributed by atoms with Crippen molar-refractivity contribution in [1.82, 2.24) is 19.5 Å². The van der Waals surface area contributed by atoms with Crippen LogP contribution in [0, 0.1) is 0 Å². The van der Waals surface area contributed by atoms with Crippen LogP contribution in [0.15, 0.2) is 48.7 Å². The summed E-state index contributed by atoms with van der Waals surface area (Å²) in [6.45, 7) is 3.91. The number of ether oxygens (including phenoxy) is 4. The second kappa shape index (κ2) is 9.33. The highest BCUT2D eigenvalue weighted by Gasteiger charge is 2.47. The van der Waals surface area contributed by atoms with Gasteiger partial charge in [0.25, 0.3) is 5.91 Å². The zero-order valence-corrected chi connectivity index (χ0v) is 22.4. The molecule has 1 atom stereocenters. The number of aromatic nitrogens is 4. The molecular weight excluding hydrogens is 548 g/mol. The third kappa shape index (κ3) is 4.06. The number of hydrogen-bond donors (Lipinski definition) is 0. The summed E-state index contributed by atoms with van der Waals surface area (Å²) in [5, 5.41) is 0.517. The number of fused-ring (bicyclic) bond motifs is 2. The lowest BCUT2D eigenvalue weighted by atomic mass is 10.0. The highest BCUT2D eigenvalue weighted by molar-refractivity contribution is 6.30. The molecule has 13 heteroatoms. The number of anilines is 1. The van der Waals surface area contributed by atoms with Gasteiger partial charge in [0, 0.05) is 29.0 Å². The van der Waals surface area contributed by atoms with Crippen LogP contribution in [0.25, 0.3) is 11.4 Å². The molecule has 2 aromatic carbocycles. The first-order valence-corrected chi connectivity index (χ1v) is 12.6. The fraction of sp³-hybridized carbons (Fsp3) is 0.259. The molecule has 4 heterocycles. The van der Waals surface area contributed by atoms with E-state index >= 15 is 0 Å². The van der Waals surface area contributed by atoms with E-state index in [1.54, 1.807) is 24.3 Å². The van der Waals surface area contributed by atoms with Gasteiger partial charge in [-0.25, -0.2) is 9.97 Å². The van der Waals surface area contributed by atoms with E-state index in [2.05, 4.69) is 19.4 Å². The molecule has 206 valence electrons. The Kier molecular flexibility index (Phi) is 6.02. The van der Waals surface area contributed by atoms with Crippen molar-refractivity contribution >= 4 is 23.2 Å². The van der Waals surface area contributed by atoms with Crippen molar-refractivity contribution in [2.45, 2.75) is 32.2 Å². The van der Waals surface area contributed by atoms with Crippen molar-refractivity contribution < 1.29 is 32.5 Å². The monoisotopic (exact) mass is 569 g/mol. The van der Waals surface area contributed by atoms with E-state index < -0.39 is 18.2 Å². The van der Waals surface area contributed by atoms with Crippen LogP contribution in [0.1, 0.15) is 47.7 Å². The zero-order valence-electron chi connectivity index (χ0n) is 21.7. The fourth-order valence-corrected chi connectivity index (χ4v) is 5.12. The summed E-state index contributed by atoms with van der Waals surface area (Å²) >= 11 is 6.18. The zero-order chi connectivity index (χ0) is 28.3. The molecule has 0 aliphatic carbocycles. The molecule has 40 heavy (non-hydrogen) atoms. The highest BCUT2D eigenvalue weighted by atomic mass is 35.5. The topological polar surface area (TPSA) is 101 Å². The van der Waals surface area contributed by atoms with E-state index in [0.29, 0.717) is 27.8 Å². The molecule has 0 bridgehead atoms. The smallest absolute Gasteiger partial charge is 0.480 e. The van der Waals surface area contributed by atoms with Crippen LogP contribution in [-0.2, 0) is 0 Å². The van der Waals surface area contributed by atoms with Crippen LogP contribution in [0.3, 0.4) is 0 Å². The van der Waals surface area contributed by atoms with Crippen molar-refractivity contribution in [2.24, 2.45) is 0 Å². The number of carbonyl (C=O) groups is 1. The average Bonchev–Trinajstić information content (AvgIpc) is 3.55. The number of imidazole rings is 1.